The van der Waals surface area contributed by atoms with Crippen molar-refractivity contribution in [1.29, 1.82) is 0 Å². The molecule has 0 fully saturated rings. The molecule has 0 saturated carbocycles. The largest absolute Gasteiger partial charge is 0.310 e. The monoisotopic (exact) mass is 1020 g/mol. The highest BCUT2D eigenvalue weighted by molar-refractivity contribution is 6.31. The number of anilines is 12. The van der Waals surface area contributed by atoms with Gasteiger partial charge in [-0.05, 0) is 191 Å². The molecule has 0 aliphatic heterocycles. The number of para-hydroxylation sites is 4. The highest BCUT2D eigenvalue weighted by Gasteiger charge is 2.21. The van der Waals surface area contributed by atoms with E-state index < -0.39 is 0 Å². The normalized spacial score (nSPS) is 11.0. The molecule has 11 aromatic carbocycles. The molecule has 1 heterocycles. The Balaban J connectivity index is 0.966. The Morgan fingerprint density at radius 1 is 0.211 bits per heavy atom. The Bertz CT molecular complexity index is 3900. The second-order valence-corrected chi connectivity index (χ2v) is 19.3. The van der Waals surface area contributed by atoms with Gasteiger partial charge in [0, 0.05) is 90.7 Å². The second-order valence-electron chi connectivity index (χ2n) is 18.4. The first-order chi connectivity index (χ1) is 37.5. The Labute approximate surface area is 454 Å². The third-order valence-electron chi connectivity index (χ3n) is 13.5. The van der Waals surface area contributed by atoms with Crippen molar-refractivity contribution in [1.82, 2.24) is 4.98 Å². The first-order valence-electron chi connectivity index (χ1n) is 25.2. The fourth-order valence-electron chi connectivity index (χ4n) is 10.0. The summed E-state index contributed by atoms with van der Waals surface area (Å²) in [5.41, 5.74) is 16.5. The van der Waals surface area contributed by atoms with Gasteiger partial charge in [0.2, 0.25) is 0 Å². The van der Waals surface area contributed by atoms with Crippen molar-refractivity contribution in [3.05, 3.63) is 308 Å². The zero-order valence-corrected chi connectivity index (χ0v) is 42.8. The van der Waals surface area contributed by atoms with E-state index in [9.17, 15) is 0 Å². The van der Waals surface area contributed by atoms with Gasteiger partial charge in [-0.3, -0.25) is 4.98 Å². The van der Waals surface area contributed by atoms with E-state index in [1.54, 1.807) is 0 Å². The Morgan fingerprint density at radius 3 is 1.07 bits per heavy atom. The third kappa shape index (κ3) is 10.1. The SMILES string of the molecule is Clc1cccc(N(c2ccncc2)c2cccc(N(c3ccccc3)c3ccc4ccc(-c5cccc(-c6cc(N(c7ccccc7)c7ccccc7)cc(N(c7ccccc7)c7cccc(Cl)c7)c6)c5)cc4c3)c2)c1. The summed E-state index contributed by atoms with van der Waals surface area (Å²) in [6.07, 6.45) is 3.63. The van der Waals surface area contributed by atoms with Crippen LogP contribution in [0, 0.1) is 0 Å². The molecule has 0 aliphatic rings. The summed E-state index contributed by atoms with van der Waals surface area (Å²) in [6, 6.07) is 100. The molecule has 5 nitrogen and oxygen atoms in total. The van der Waals surface area contributed by atoms with Gasteiger partial charge in [0.25, 0.3) is 0 Å². The molecule has 0 aliphatic carbocycles. The molecule has 0 amide bonds. The van der Waals surface area contributed by atoms with Gasteiger partial charge in [-0.25, -0.2) is 0 Å². The molecule has 12 rings (SSSR count). The van der Waals surface area contributed by atoms with E-state index >= 15 is 0 Å². The lowest BCUT2D eigenvalue weighted by Crippen LogP contribution is -2.13. The number of pyridine rings is 1. The molecule has 0 saturated heterocycles. The molecule has 7 heteroatoms. The summed E-state index contributed by atoms with van der Waals surface area (Å²) in [5, 5.41) is 3.61. The third-order valence-corrected chi connectivity index (χ3v) is 14.0. The molecular weight excluding hydrogens is 970 g/mol. The summed E-state index contributed by atoms with van der Waals surface area (Å²) in [7, 11) is 0. The number of rotatable bonds is 14. The van der Waals surface area contributed by atoms with Gasteiger partial charge in [-0.15, -0.1) is 0 Å². The fourth-order valence-corrected chi connectivity index (χ4v) is 10.4. The summed E-state index contributed by atoms with van der Waals surface area (Å²) < 4.78 is 0. The number of halogens is 2. The molecular formula is C69H49Cl2N5. The molecule has 1 aromatic heterocycles. The van der Waals surface area contributed by atoms with Crippen LogP contribution in [0.4, 0.5) is 68.2 Å². The van der Waals surface area contributed by atoms with E-state index in [0.29, 0.717) is 10.0 Å². The first-order valence-corrected chi connectivity index (χ1v) is 26.0. The van der Waals surface area contributed by atoms with Crippen molar-refractivity contribution in [2.45, 2.75) is 0 Å². The van der Waals surface area contributed by atoms with Gasteiger partial charge in [-0.2, -0.15) is 0 Å². The summed E-state index contributed by atoms with van der Waals surface area (Å²) in [5.74, 6) is 0. The van der Waals surface area contributed by atoms with E-state index in [-0.39, 0.29) is 0 Å². The maximum absolute atomic E-state index is 6.74. The molecule has 12 aromatic rings. The van der Waals surface area contributed by atoms with Crippen molar-refractivity contribution >= 4 is 102 Å². The van der Waals surface area contributed by atoms with E-state index in [0.717, 1.165) is 101 Å². The first kappa shape index (κ1) is 47.6. The van der Waals surface area contributed by atoms with E-state index in [2.05, 4.69) is 255 Å². The maximum atomic E-state index is 6.74. The highest BCUT2D eigenvalue weighted by atomic mass is 35.5. The van der Waals surface area contributed by atoms with Gasteiger partial charge in [0.15, 0.2) is 0 Å². The molecule has 364 valence electrons. The highest BCUT2D eigenvalue weighted by Crippen LogP contribution is 2.45. The molecule has 0 atom stereocenters. The number of hydrogen-bond acceptors (Lipinski definition) is 5. The topological polar surface area (TPSA) is 25.9 Å². The van der Waals surface area contributed by atoms with Crippen molar-refractivity contribution in [2.75, 3.05) is 19.6 Å². The Hall–Kier alpha value is -9.39. The van der Waals surface area contributed by atoms with Gasteiger partial charge < -0.3 is 19.6 Å². The molecule has 0 unspecified atom stereocenters. The fraction of sp³-hybridized carbons (Fsp3) is 0. The number of aromatic nitrogens is 1. The average Bonchev–Trinajstić information content (AvgIpc) is 3.49. The smallest absolute Gasteiger partial charge is 0.0492 e. The van der Waals surface area contributed by atoms with Crippen LogP contribution in [-0.2, 0) is 0 Å². The van der Waals surface area contributed by atoms with Crippen LogP contribution in [-0.4, -0.2) is 4.98 Å². The minimum absolute atomic E-state index is 0.665. The molecule has 76 heavy (non-hydrogen) atoms. The summed E-state index contributed by atoms with van der Waals surface area (Å²) in [4.78, 5) is 13.4. The van der Waals surface area contributed by atoms with E-state index in [1.807, 2.05) is 67.0 Å². The van der Waals surface area contributed by atoms with Crippen LogP contribution in [0.2, 0.25) is 10.0 Å². The zero-order valence-electron chi connectivity index (χ0n) is 41.3. The second kappa shape index (κ2) is 21.6. The van der Waals surface area contributed by atoms with Gasteiger partial charge in [0.05, 0.1) is 0 Å². The van der Waals surface area contributed by atoms with Crippen molar-refractivity contribution in [2.24, 2.45) is 0 Å². The van der Waals surface area contributed by atoms with Crippen LogP contribution in [0.25, 0.3) is 33.0 Å². The number of benzene rings is 11. The van der Waals surface area contributed by atoms with Gasteiger partial charge >= 0.3 is 0 Å². The van der Waals surface area contributed by atoms with Crippen LogP contribution in [0.15, 0.2) is 298 Å². The van der Waals surface area contributed by atoms with Crippen LogP contribution < -0.4 is 19.6 Å². The summed E-state index contributed by atoms with van der Waals surface area (Å²) in [6.45, 7) is 0. The lowest BCUT2D eigenvalue weighted by molar-refractivity contribution is 1.23. The van der Waals surface area contributed by atoms with Gasteiger partial charge in [-0.1, -0.05) is 151 Å². The van der Waals surface area contributed by atoms with Gasteiger partial charge in [0.1, 0.15) is 0 Å². The van der Waals surface area contributed by atoms with Crippen molar-refractivity contribution < 1.29 is 0 Å². The predicted octanol–water partition coefficient (Wildman–Crippen LogP) is 20.8. The number of hydrogen-bond donors (Lipinski definition) is 0. The quantitative estimate of drug-likeness (QED) is 0.108. The Kier molecular flexibility index (Phi) is 13.5. The average molecular weight is 1020 g/mol. The van der Waals surface area contributed by atoms with Crippen molar-refractivity contribution in [3.63, 3.8) is 0 Å². The minimum atomic E-state index is 0.665. The molecule has 0 spiro atoms. The molecule has 0 N–H and O–H groups in total. The predicted molar refractivity (Wildman–Crippen MR) is 321 cm³/mol. The molecule has 0 radical (unpaired) electrons. The maximum Gasteiger partial charge on any atom is 0.0492 e. The summed E-state index contributed by atoms with van der Waals surface area (Å²) >= 11 is 13.3. The minimum Gasteiger partial charge on any atom is -0.310 e. The van der Waals surface area contributed by atoms with Crippen LogP contribution in [0.1, 0.15) is 0 Å². The van der Waals surface area contributed by atoms with E-state index in [4.69, 9.17) is 23.2 Å². The zero-order chi connectivity index (χ0) is 51.2. The van der Waals surface area contributed by atoms with Crippen molar-refractivity contribution in [3.8, 4) is 22.3 Å². The van der Waals surface area contributed by atoms with Crippen LogP contribution >= 0.6 is 23.2 Å². The standard InChI is InChI=1S/C69H49Cl2N5/c70-56-19-14-29-63(46-56)75(62-37-39-72-40-38-62)66-32-16-31-65(48-66)74(60-25-9-3-10-26-60)67-36-35-50-33-34-53(42-54(50)43-67)51-17-13-18-52(41-51)55-44-68(73(58-21-5-1-6-22-58)59-23-7-2-8-24-59)49-69(45-55)76(61-27-11-4-12-28-61)64-30-15-20-57(71)47-64/h1-49H. The number of fused-ring (bicyclic) bond motifs is 1. The van der Waals surface area contributed by atoms with Crippen LogP contribution in [0.3, 0.4) is 0 Å². The van der Waals surface area contributed by atoms with Crippen LogP contribution in [0.5, 0.6) is 0 Å². The Morgan fingerprint density at radius 2 is 0.566 bits per heavy atom. The number of nitrogens with zero attached hydrogens (tertiary/aromatic N) is 5. The lowest BCUT2D eigenvalue weighted by atomic mass is 9.96. The molecule has 0 bridgehead atoms. The van der Waals surface area contributed by atoms with E-state index in [1.165, 1.54) is 0 Å². The lowest BCUT2D eigenvalue weighted by Gasteiger charge is -2.30.